The minimum atomic E-state index is -0.693. The van der Waals surface area contributed by atoms with Crippen LogP contribution in [0.5, 0.6) is 0 Å². The van der Waals surface area contributed by atoms with Crippen molar-refractivity contribution in [3.63, 3.8) is 0 Å². The Balaban J connectivity index is 2.22. The molecule has 1 heterocycles. The molecule has 0 fully saturated rings. The summed E-state index contributed by atoms with van der Waals surface area (Å²) in [7, 11) is 0. The van der Waals surface area contributed by atoms with Gasteiger partial charge in [-0.05, 0) is 45.4 Å². The molecule has 4 nitrogen and oxygen atoms in total. The molecule has 0 N–H and O–H groups in total. The van der Waals surface area contributed by atoms with E-state index in [9.17, 15) is 9.18 Å². The summed E-state index contributed by atoms with van der Waals surface area (Å²) in [4.78, 5) is 16.8. The van der Waals surface area contributed by atoms with Gasteiger partial charge in [0.25, 0.3) is 0 Å². The third kappa shape index (κ3) is 3.17. The molecule has 0 spiro atoms. The smallest absolute Gasteiger partial charge is 0.150 e. The van der Waals surface area contributed by atoms with Crippen molar-refractivity contribution in [1.29, 1.82) is 0 Å². The fourth-order valence-electron chi connectivity index (χ4n) is 2.22. The predicted octanol–water partition coefficient (Wildman–Crippen LogP) is 3.09. The number of ketones is 1. The van der Waals surface area contributed by atoms with E-state index in [1.807, 2.05) is 27.7 Å². The second-order valence-corrected chi connectivity index (χ2v) is 5.95. The Morgan fingerprint density at radius 1 is 1.29 bits per heavy atom. The maximum Gasteiger partial charge on any atom is 0.150 e. The van der Waals surface area contributed by atoms with Gasteiger partial charge in [-0.25, -0.2) is 14.1 Å². The molecule has 0 saturated heterocycles. The number of hydrogen-bond acceptors (Lipinski definition) is 3. The molecular formula is C16H20FN3O. The van der Waals surface area contributed by atoms with Crippen molar-refractivity contribution < 1.29 is 9.18 Å². The van der Waals surface area contributed by atoms with Crippen LogP contribution in [0, 0.1) is 5.82 Å². The van der Waals surface area contributed by atoms with Gasteiger partial charge in [0.15, 0.2) is 0 Å². The van der Waals surface area contributed by atoms with Crippen molar-refractivity contribution in [3.05, 3.63) is 47.8 Å². The molecule has 2 aromatic rings. The quantitative estimate of drug-likeness (QED) is 0.850. The molecule has 0 radical (unpaired) electrons. The van der Waals surface area contributed by atoms with Crippen molar-refractivity contribution in [2.24, 2.45) is 0 Å². The summed E-state index contributed by atoms with van der Waals surface area (Å²) in [5.74, 6) is 0.385. The summed E-state index contributed by atoms with van der Waals surface area (Å²) in [6.45, 7) is 7.68. The lowest BCUT2D eigenvalue weighted by Crippen LogP contribution is -2.31. The molecule has 0 atom stereocenters. The minimum absolute atomic E-state index is 0.0315. The van der Waals surface area contributed by atoms with Gasteiger partial charge < -0.3 is 0 Å². The lowest BCUT2D eigenvalue weighted by molar-refractivity contribution is -0.123. The van der Waals surface area contributed by atoms with Gasteiger partial charge in [-0.1, -0.05) is 12.1 Å². The van der Waals surface area contributed by atoms with Gasteiger partial charge in [-0.15, -0.1) is 0 Å². The molecule has 0 amide bonds. The first-order chi connectivity index (χ1) is 9.82. The van der Waals surface area contributed by atoms with E-state index in [2.05, 4.69) is 10.1 Å². The number of hydrogen-bond donors (Lipinski definition) is 0. The van der Waals surface area contributed by atoms with E-state index in [0.717, 1.165) is 5.56 Å². The van der Waals surface area contributed by atoms with Crippen LogP contribution < -0.4 is 0 Å². The summed E-state index contributed by atoms with van der Waals surface area (Å²) in [6, 6.07) is 6.22. The van der Waals surface area contributed by atoms with Gasteiger partial charge in [0.05, 0.1) is 6.42 Å². The average molecular weight is 289 g/mol. The summed E-state index contributed by atoms with van der Waals surface area (Å²) < 4.78 is 14.8. The van der Waals surface area contributed by atoms with Crippen LogP contribution in [0.2, 0.25) is 0 Å². The number of rotatable bonds is 5. The lowest BCUT2D eigenvalue weighted by atomic mass is 9.79. The van der Waals surface area contributed by atoms with Gasteiger partial charge >= 0.3 is 0 Å². The highest BCUT2D eigenvalue weighted by molar-refractivity contribution is 5.90. The van der Waals surface area contributed by atoms with E-state index in [4.69, 9.17) is 0 Å². The van der Waals surface area contributed by atoms with E-state index in [0.29, 0.717) is 5.82 Å². The van der Waals surface area contributed by atoms with Crippen LogP contribution in [0.25, 0.3) is 0 Å². The Hall–Kier alpha value is -2.04. The molecule has 21 heavy (non-hydrogen) atoms. The third-order valence-electron chi connectivity index (χ3n) is 3.72. The molecule has 2 rings (SSSR count). The molecule has 0 aliphatic carbocycles. The number of halogens is 1. The maximum atomic E-state index is 13.0. The second-order valence-electron chi connectivity index (χ2n) is 5.95. The fraction of sp³-hybridized carbons (Fsp3) is 0.438. The van der Waals surface area contributed by atoms with Crippen LogP contribution in [0.15, 0.2) is 30.6 Å². The third-order valence-corrected chi connectivity index (χ3v) is 3.72. The molecule has 1 aromatic heterocycles. The van der Waals surface area contributed by atoms with Crippen LogP contribution in [0.4, 0.5) is 4.39 Å². The highest BCUT2D eigenvalue weighted by Gasteiger charge is 2.30. The number of nitrogens with zero attached hydrogens (tertiary/aromatic N) is 3. The summed E-state index contributed by atoms with van der Waals surface area (Å²) in [5.41, 5.74) is 0.103. The first kappa shape index (κ1) is 15.4. The Morgan fingerprint density at radius 3 is 2.48 bits per heavy atom. The molecule has 0 saturated carbocycles. The van der Waals surface area contributed by atoms with E-state index in [-0.39, 0.29) is 24.1 Å². The largest absolute Gasteiger partial charge is 0.298 e. The van der Waals surface area contributed by atoms with Gasteiger partial charge in [-0.3, -0.25) is 4.79 Å². The Kier molecular flexibility index (Phi) is 4.21. The molecule has 0 aliphatic heterocycles. The Morgan fingerprint density at radius 2 is 1.90 bits per heavy atom. The zero-order valence-electron chi connectivity index (χ0n) is 12.8. The van der Waals surface area contributed by atoms with Crippen LogP contribution in [0.1, 0.15) is 45.1 Å². The Bertz CT molecular complexity index is 629. The van der Waals surface area contributed by atoms with Crippen molar-refractivity contribution >= 4 is 5.78 Å². The van der Waals surface area contributed by atoms with Gasteiger partial charge in [0.1, 0.15) is 23.8 Å². The highest BCUT2D eigenvalue weighted by atomic mass is 19.1. The second kappa shape index (κ2) is 5.76. The standard InChI is InChI=1S/C16H20FN3O/c1-11(2)20-15(18-10-19-20)9-14(21)16(3,4)12-5-7-13(17)8-6-12/h5-8,10-11H,9H2,1-4H3. The minimum Gasteiger partial charge on any atom is -0.298 e. The Labute approximate surface area is 124 Å². The SMILES string of the molecule is CC(C)n1ncnc1CC(=O)C(C)(C)c1ccc(F)cc1. The summed E-state index contributed by atoms with van der Waals surface area (Å²) in [5, 5.41) is 4.14. The van der Waals surface area contributed by atoms with Crippen LogP contribution in [-0.2, 0) is 16.6 Å². The average Bonchev–Trinajstić information content (AvgIpc) is 2.87. The molecule has 0 bridgehead atoms. The number of Topliss-reactive ketones (excluding diaryl/α,β-unsaturated/α-hetero) is 1. The monoisotopic (exact) mass is 289 g/mol. The summed E-state index contributed by atoms with van der Waals surface area (Å²) >= 11 is 0. The zero-order chi connectivity index (χ0) is 15.6. The van der Waals surface area contributed by atoms with E-state index >= 15 is 0 Å². The van der Waals surface area contributed by atoms with E-state index < -0.39 is 5.41 Å². The molecule has 0 aliphatic rings. The summed E-state index contributed by atoms with van der Waals surface area (Å²) in [6.07, 6.45) is 1.68. The lowest BCUT2D eigenvalue weighted by Gasteiger charge is -2.24. The van der Waals surface area contributed by atoms with Gasteiger partial charge in [0, 0.05) is 11.5 Å². The van der Waals surface area contributed by atoms with Crippen molar-refractivity contribution in [2.45, 2.75) is 45.6 Å². The van der Waals surface area contributed by atoms with E-state index in [1.54, 1.807) is 16.8 Å². The predicted molar refractivity (Wildman–Crippen MR) is 78.5 cm³/mol. The van der Waals surface area contributed by atoms with Crippen LogP contribution in [0.3, 0.4) is 0 Å². The zero-order valence-corrected chi connectivity index (χ0v) is 12.8. The van der Waals surface area contributed by atoms with Crippen molar-refractivity contribution in [1.82, 2.24) is 14.8 Å². The van der Waals surface area contributed by atoms with Crippen LogP contribution in [-0.4, -0.2) is 20.5 Å². The normalized spacial score (nSPS) is 11.9. The number of aromatic nitrogens is 3. The van der Waals surface area contributed by atoms with Gasteiger partial charge in [-0.2, -0.15) is 5.10 Å². The molecule has 5 heteroatoms. The fourth-order valence-corrected chi connectivity index (χ4v) is 2.22. The number of benzene rings is 1. The van der Waals surface area contributed by atoms with Crippen molar-refractivity contribution in [2.75, 3.05) is 0 Å². The molecule has 1 aromatic carbocycles. The number of carbonyl (C=O) groups is 1. The number of carbonyl (C=O) groups excluding carboxylic acids is 1. The maximum absolute atomic E-state index is 13.0. The topological polar surface area (TPSA) is 47.8 Å². The van der Waals surface area contributed by atoms with Crippen LogP contribution >= 0.6 is 0 Å². The first-order valence-corrected chi connectivity index (χ1v) is 7.00. The molecular weight excluding hydrogens is 269 g/mol. The first-order valence-electron chi connectivity index (χ1n) is 7.00. The molecule has 0 unspecified atom stereocenters. The highest BCUT2D eigenvalue weighted by Crippen LogP contribution is 2.26. The van der Waals surface area contributed by atoms with E-state index in [1.165, 1.54) is 18.5 Å². The van der Waals surface area contributed by atoms with Gasteiger partial charge in [0.2, 0.25) is 0 Å². The molecule has 112 valence electrons. The van der Waals surface area contributed by atoms with Crippen molar-refractivity contribution in [3.8, 4) is 0 Å².